The molecule has 0 bridgehead atoms. The summed E-state index contributed by atoms with van der Waals surface area (Å²) in [5, 5.41) is 7.86. The Morgan fingerprint density at radius 2 is 2.04 bits per heavy atom. The van der Waals surface area contributed by atoms with Crippen LogP contribution in [-0.4, -0.2) is 51.1 Å². The summed E-state index contributed by atoms with van der Waals surface area (Å²) in [6.45, 7) is 4.34. The molecule has 0 atom stereocenters. The van der Waals surface area contributed by atoms with E-state index in [1.54, 1.807) is 0 Å². The van der Waals surface area contributed by atoms with Gasteiger partial charge in [0.15, 0.2) is 5.96 Å². The molecule has 24 heavy (non-hydrogen) atoms. The van der Waals surface area contributed by atoms with E-state index >= 15 is 0 Å². The summed E-state index contributed by atoms with van der Waals surface area (Å²) in [6.07, 6.45) is 4.97. The van der Waals surface area contributed by atoms with Gasteiger partial charge in [0.2, 0.25) is 0 Å². The van der Waals surface area contributed by atoms with Gasteiger partial charge in [-0.25, -0.2) is 0 Å². The highest BCUT2D eigenvalue weighted by molar-refractivity contribution is 6.30. The maximum atomic E-state index is 6.15. The summed E-state index contributed by atoms with van der Waals surface area (Å²) < 4.78 is 0. The normalized spacial score (nSPS) is 21.5. The Hall–Kier alpha value is -1.26. The molecule has 4 nitrogen and oxygen atoms in total. The number of rotatable bonds is 5. The minimum absolute atomic E-state index is 0.232. The molecule has 1 aliphatic carbocycles. The third kappa shape index (κ3) is 4.42. The molecule has 1 aromatic rings. The van der Waals surface area contributed by atoms with Crippen LogP contribution in [0.4, 0.5) is 0 Å². The molecule has 1 aliphatic heterocycles. The van der Waals surface area contributed by atoms with Crippen molar-refractivity contribution in [3.8, 4) is 0 Å². The van der Waals surface area contributed by atoms with Crippen LogP contribution in [0.5, 0.6) is 0 Å². The second kappa shape index (κ2) is 7.75. The van der Waals surface area contributed by atoms with E-state index in [0.717, 1.165) is 30.0 Å². The number of benzene rings is 1. The molecule has 5 heteroatoms. The third-order valence-corrected chi connectivity index (χ3v) is 5.74. The van der Waals surface area contributed by atoms with Gasteiger partial charge in [-0.2, -0.15) is 0 Å². The van der Waals surface area contributed by atoms with Crippen LogP contribution in [-0.2, 0) is 5.41 Å². The highest BCUT2D eigenvalue weighted by Gasteiger charge is 2.44. The number of hydrogen-bond donors (Lipinski definition) is 2. The molecule has 2 fully saturated rings. The van der Waals surface area contributed by atoms with Crippen LogP contribution in [0.1, 0.15) is 31.2 Å². The number of nitrogens with one attached hydrogen (secondary N) is 2. The maximum Gasteiger partial charge on any atom is 0.191 e. The smallest absolute Gasteiger partial charge is 0.191 e. The van der Waals surface area contributed by atoms with Crippen molar-refractivity contribution in [3.63, 3.8) is 0 Å². The van der Waals surface area contributed by atoms with Crippen LogP contribution in [0.2, 0.25) is 5.02 Å². The van der Waals surface area contributed by atoms with Crippen molar-refractivity contribution in [1.29, 1.82) is 0 Å². The molecule has 2 N–H and O–H groups in total. The second-order valence-corrected chi connectivity index (χ2v) is 7.78. The van der Waals surface area contributed by atoms with E-state index in [0.29, 0.717) is 0 Å². The van der Waals surface area contributed by atoms with Crippen LogP contribution in [0.25, 0.3) is 0 Å². The van der Waals surface area contributed by atoms with Crippen molar-refractivity contribution < 1.29 is 0 Å². The largest absolute Gasteiger partial charge is 0.356 e. The van der Waals surface area contributed by atoms with Crippen LogP contribution < -0.4 is 10.6 Å². The van der Waals surface area contributed by atoms with Gasteiger partial charge in [0.1, 0.15) is 0 Å². The molecule has 1 aromatic carbocycles. The molecule has 132 valence electrons. The van der Waals surface area contributed by atoms with E-state index in [1.165, 1.54) is 44.3 Å². The molecule has 0 unspecified atom stereocenters. The van der Waals surface area contributed by atoms with Gasteiger partial charge >= 0.3 is 0 Å². The molecule has 3 rings (SSSR count). The molecular weight excluding hydrogens is 320 g/mol. The lowest BCUT2D eigenvalue weighted by Gasteiger charge is -2.29. The number of aliphatic imine (C=N–C) groups is 1. The van der Waals surface area contributed by atoms with E-state index in [9.17, 15) is 0 Å². The summed E-state index contributed by atoms with van der Waals surface area (Å²) >= 11 is 6.15. The van der Waals surface area contributed by atoms with Gasteiger partial charge in [-0.05, 0) is 69.4 Å². The predicted octanol–water partition coefficient (Wildman–Crippen LogP) is 2.88. The summed E-state index contributed by atoms with van der Waals surface area (Å²) in [6, 6.07) is 8.28. The van der Waals surface area contributed by atoms with Crippen LogP contribution in [0, 0.1) is 5.92 Å². The van der Waals surface area contributed by atoms with Gasteiger partial charge in [0, 0.05) is 30.6 Å². The topological polar surface area (TPSA) is 39.7 Å². The minimum Gasteiger partial charge on any atom is -0.356 e. The minimum atomic E-state index is 0.232. The SMILES string of the molecule is CN=C(NCC1CCN(C)CC1)NCC1(c2cccc(Cl)c2)CC1. The number of piperidine rings is 1. The zero-order valence-corrected chi connectivity index (χ0v) is 15.6. The first-order chi connectivity index (χ1) is 11.6. The van der Waals surface area contributed by atoms with Gasteiger partial charge in [0.05, 0.1) is 0 Å². The Morgan fingerprint density at radius 3 is 2.67 bits per heavy atom. The van der Waals surface area contributed by atoms with Crippen molar-refractivity contribution in [2.45, 2.75) is 31.1 Å². The Morgan fingerprint density at radius 1 is 1.29 bits per heavy atom. The fourth-order valence-electron chi connectivity index (χ4n) is 3.52. The Kier molecular flexibility index (Phi) is 5.67. The van der Waals surface area contributed by atoms with Crippen molar-refractivity contribution in [2.75, 3.05) is 40.3 Å². The fourth-order valence-corrected chi connectivity index (χ4v) is 3.71. The number of guanidine groups is 1. The lowest BCUT2D eigenvalue weighted by atomic mass is 9.96. The molecular formula is C19H29ClN4. The van der Waals surface area contributed by atoms with E-state index in [-0.39, 0.29) is 5.41 Å². The summed E-state index contributed by atoms with van der Waals surface area (Å²) in [7, 11) is 4.05. The van der Waals surface area contributed by atoms with Crippen molar-refractivity contribution in [3.05, 3.63) is 34.9 Å². The summed E-state index contributed by atoms with van der Waals surface area (Å²) in [5.41, 5.74) is 1.57. The average molecular weight is 349 g/mol. The van der Waals surface area contributed by atoms with Gasteiger partial charge in [-0.1, -0.05) is 23.7 Å². The van der Waals surface area contributed by atoms with E-state index in [2.05, 4.69) is 39.7 Å². The first-order valence-electron chi connectivity index (χ1n) is 9.00. The highest BCUT2D eigenvalue weighted by atomic mass is 35.5. The van der Waals surface area contributed by atoms with Crippen molar-refractivity contribution in [1.82, 2.24) is 15.5 Å². The first-order valence-corrected chi connectivity index (χ1v) is 9.38. The first kappa shape index (κ1) is 17.6. The van der Waals surface area contributed by atoms with E-state index < -0.39 is 0 Å². The zero-order chi connectivity index (χ0) is 17.0. The van der Waals surface area contributed by atoms with E-state index in [1.807, 2.05) is 19.2 Å². The molecule has 0 spiro atoms. The maximum absolute atomic E-state index is 6.15. The average Bonchev–Trinajstić information content (AvgIpc) is 3.38. The Bertz CT molecular complexity index is 574. The standard InChI is InChI=1S/C19H29ClN4/c1-21-18(22-13-15-6-10-24(2)11-7-15)23-14-19(8-9-19)16-4-3-5-17(20)12-16/h3-5,12,15H,6-11,13-14H2,1-2H3,(H2,21,22,23). The number of likely N-dealkylation sites (tertiary alicyclic amines) is 1. The molecule has 1 saturated carbocycles. The summed E-state index contributed by atoms with van der Waals surface area (Å²) in [5.74, 6) is 1.67. The van der Waals surface area contributed by atoms with Gasteiger partial charge < -0.3 is 15.5 Å². The molecule has 1 heterocycles. The van der Waals surface area contributed by atoms with Crippen LogP contribution in [0.3, 0.4) is 0 Å². The molecule has 0 radical (unpaired) electrons. The molecule has 0 amide bonds. The molecule has 1 saturated heterocycles. The highest BCUT2D eigenvalue weighted by Crippen LogP contribution is 2.48. The monoisotopic (exact) mass is 348 g/mol. The second-order valence-electron chi connectivity index (χ2n) is 7.34. The van der Waals surface area contributed by atoms with Gasteiger partial charge in [0.25, 0.3) is 0 Å². The lowest BCUT2D eigenvalue weighted by Crippen LogP contribution is -2.44. The number of hydrogen-bond acceptors (Lipinski definition) is 2. The van der Waals surface area contributed by atoms with Crippen molar-refractivity contribution in [2.24, 2.45) is 10.9 Å². The van der Waals surface area contributed by atoms with E-state index in [4.69, 9.17) is 11.6 Å². The van der Waals surface area contributed by atoms with Gasteiger partial charge in [-0.3, -0.25) is 4.99 Å². The Labute approximate surface area is 150 Å². The van der Waals surface area contributed by atoms with Crippen LogP contribution in [0.15, 0.2) is 29.3 Å². The van der Waals surface area contributed by atoms with Crippen LogP contribution >= 0.6 is 11.6 Å². The third-order valence-electron chi connectivity index (χ3n) is 5.50. The molecule has 2 aliphatic rings. The number of nitrogens with zero attached hydrogens (tertiary/aromatic N) is 2. The lowest BCUT2D eigenvalue weighted by molar-refractivity contribution is 0.220. The van der Waals surface area contributed by atoms with Crippen molar-refractivity contribution >= 4 is 17.6 Å². The van der Waals surface area contributed by atoms with Gasteiger partial charge in [-0.15, -0.1) is 0 Å². The molecule has 0 aromatic heterocycles. The number of halogens is 1. The quantitative estimate of drug-likeness (QED) is 0.635. The Balaban J connectivity index is 1.48. The predicted molar refractivity (Wildman–Crippen MR) is 102 cm³/mol. The zero-order valence-electron chi connectivity index (χ0n) is 14.8. The fraction of sp³-hybridized carbons (Fsp3) is 0.632. The summed E-state index contributed by atoms with van der Waals surface area (Å²) in [4.78, 5) is 6.80.